The number of nitrogens with one attached hydrogen (secondary N) is 1. The molecule has 4 nitrogen and oxygen atoms in total. The summed E-state index contributed by atoms with van der Waals surface area (Å²) in [6.45, 7) is 3.54. The van der Waals surface area contributed by atoms with E-state index in [2.05, 4.69) is 17.2 Å². The van der Waals surface area contributed by atoms with Gasteiger partial charge in [0, 0.05) is 18.6 Å². The second-order valence-electron chi connectivity index (χ2n) is 8.26. The van der Waals surface area contributed by atoms with Crippen molar-refractivity contribution in [1.82, 2.24) is 10.3 Å². The summed E-state index contributed by atoms with van der Waals surface area (Å²) in [7, 11) is 0. The maximum Gasteiger partial charge on any atom is 0.184 e. The average molecular weight is 338 g/mol. The minimum atomic E-state index is 0.302. The first-order valence-electron chi connectivity index (χ1n) is 9.57. The van der Waals surface area contributed by atoms with Crippen molar-refractivity contribution in [3.63, 3.8) is 0 Å². The first kappa shape index (κ1) is 16.1. The fourth-order valence-corrected chi connectivity index (χ4v) is 6.94. The van der Waals surface area contributed by atoms with Crippen molar-refractivity contribution in [2.75, 3.05) is 18.9 Å². The van der Waals surface area contributed by atoms with Crippen molar-refractivity contribution < 1.29 is 5.11 Å². The first-order chi connectivity index (χ1) is 11.2. The molecule has 4 bridgehead atoms. The Morgan fingerprint density at radius 1 is 1.17 bits per heavy atom. The van der Waals surface area contributed by atoms with Crippen molar-refractivity contribution in [3.8, 4) is 0 Å². The highest BCUT2D eigenvalue weighted by atomic mass is 32.2. The third-order valence-corrected chi connectivity index (χ3v) is 7.46. The normalized spacial score (nSPS) is 41.3. The highest BCUT2D eigenvalue weighted by Gasteiger charge is 2.56. The van der Waals surface area contributed by atoms with Crippen LogP contribution in [0.1, 0.15) is 58.3 Å². The minimum Gasteiger partial charge on any atom is -0.396 e. The third-order valence-electron chi connectivity index (χ3n) is 6.59. The molecule has 4 aliphatic carbocycles. The molecule has 1 heterocycles. The van der Waals surface area contributed by atoms with Gasteiger partial charge in [0.05, 0.1) is 0 Å². The summed E-state index contributed by atoms with van der Waals surface area (Å²) in [6, 6.07) is 0. The molecule has 23 heavy (non-hydrogen) atoms. The molecule has 4 saturated carbocycles. The van der Waals surface area contributed by atoms with Crippen LogP contribution in [-0.4, -0.2) is 40.2 Å². The Balaban J connectivity index is 1.52. The van der Waals surface area contributed by atoms with E-state index >= 15 is 0 Å². The summed E-state index contributed by atoms with van der Waals surface area (Å²) < 4.78 is 0. The highest BCUT2D eigenvalue weighted by Crippen LogP contribution is 2.62. The van der Waals surface area contributed by atoms with Crippen LogP contribution in [0.25, 0.3) is 0 Å². The van der Waals surface area contributed by atoms with Crippen LogP contribution in [0.2, 0.25) is 0 Å². The average Bonchev–Trinajstić information content (AvgIpc) is 2.90. The molecule has 0 radical (unpaired) electrons. The molecular weight excluding hydrogens is 306 g/mol. The van der Waals surface area contributed by atoms with E-state index in [9.17, 15) is 0 Å². The Morgan fingerprint density at radius 3 is 2.39 bits per heavy atom. The van der Waals surface area contributed by atoms with Gasteiger partial charge in [-0.1, -0.05) is 18.7 Å². The lowest BCUT2D eigenvalue weighted by Crippen LogP contribution is -2.59. The van der Waals surface area contributed by atoms with Gasteiger partial charge >= 0.3 is 0 Å². The van der Waals surface area contributed by atoms with Gasteiger partial charge < -0.3 is 10.0 Å². The molecule has 4 fully saturated rings. The van der Waals surface area contributed by atoms with Gasteiger partial charge in [-0.15, -0.1) is 0 Å². The van der Waals surface area contributed by atoms with E-state index in [-0.39, 0.29) is 0 Å². The standard InChI is InChI=1S/C18H31N3OS/c1-2-23-17-20-19-16(21(17)5-3-4-6-22)18-10-13-7-14(11-18)9-15(8-13)12-18/h13-16,19,22H,2-12H2,1H3. The van der Waals surface area contributed by atoms with Crippen LogP contribution in [0.3, 0.4) is 0 Å². The summed E-state index contributed by atoms with van der Waals surface area (Å²) in [4.78, 5) is 2.55. The smallest absolute Gasteiger partial charge is 0.184 e. The predicted octanol–water partition coefficient (Wildman–Crippen LogP) is 3.23. The van der Waals surface area contributed by atoms with E-state index in [0.717, 1.165) is 42.9 Å². The molecule has 5 heteroatoms. The Kier molecular flexibility index (Phi) is 4.52. The van der Waals surface area contributed by atoms with Crippen molar-refractivity contribution in [3.05, 3.63) is 0 Å². The number of nitrogens with zero attached hydrogens (tertiary/aromatic N) is 2. The van der Waals surface area contributed by atoms with Crippen molar-refractivity contribution in [1.29, 1.82) is 0 Å². The molecule has 0 spiro atoms. The lowest BCUT2D eigenvalue weighted by Gasteiger charge is -2.59. The number of aliphatic hydroxyl groups excluding tert-OH is 1. The second kappa shape index (κ2) is 6.47. The quantitative estimate of drug-likeness (QED) is 0.731. The van der Waals surface area contributed by atoms with Crippen LogP contribution in [0.5, 0.6) is 0 Å². The van der Waals surface area contributed by atoms with E-state index in [1.807, 2.05) is 11.8 Å². The van der Waals surface area contributed by atoms with E-state index in [1.54, 1.807) is 0 Å². The number of rotatable bonds is 6. The summed E-state index contributed by atoms with van der Waals surface area (Å²) in [5.74, 6) is 4.01. The van der Waals surface area contributed by atoms with E-state index in [0.29, 0.717) is 18.2 Å². The molecule has 5 aliphatic rings. The molecule has 5 rings (SSSR count). The molecule has 0 saturated heterocycles. The van der Waals surface area contributed by atoms with Crippen molar-refractivity contribution in [2.24, 2.45) is 28.3 Å². The van der Waals surface area contributed by atoms with Crippen LogP contribution in [0.15, 0.2) is 5.10 Å². The first-order valence-corrected chi connectivity index (χ1v) is 10.6. The van der Waals surface area contributed by atoms with Gasteiger partial charge in [0.2, 0.25) is 0 Å². The summed E-state index contributed by atoms with van der Waals surface area (Å²) in [5.41, 5.74) is 4.01. The Labute approximate surface area is 144 Å². The molecule has 130 valence electrons. The van der Waals surface area contributed by atoms with Crippen molar-refractivity contribution >= 4 is 16.9 Å². The van der Waals surface area contributed by atoms with Crippen LogP contribution in [-0.2, 0) is 0 Å². The van der Waals surface area contributed by atoms with Gasteiger partial charge in [0.15, 0.2) is 5.17 Å². The van der Waals surface area contributed by atoms with Crippen LogP contribution < -0.4 is 5.43 Å². The Bertz CT molecular complexity index is 432. The number of thioether (sulfide) groups is 1. The Morgan fingerprint density at radius 2 is 1.83 bits per heavy atom. The fourth-order valence-electron chi connectivity index (χ4n) is 6.20. The molecule has 1 atom stereocenters. The Hall–Kier alpha value is -0.420. The maximum atomic E-state index is 9.14. The van der Waals surface area contributed by atoms with E-state index in [4.69, 9.17) is 10.2 Å². The highest BCUT2D eigenvalue weighted by molar-refractivity contribution is 8.13. The van der Waals surface area contributed by atoms with Gasteiger partial charge in [0.25, 0.3) is 0 Å². The largest absolute Gasteiger partial charge is 0.396 e. The topological polar surface area (TPSA) is 47.9 Å². The molecule has 0 amide bonds. The maximum absolute atomic E-state index is 9.14. The van der Waals surface area contributed by atoms with Crippen LogP contribution in [0, 0.1) is 23.2 Å². The van der Waals surface area contributed by atoms with E-state index in [1.165, 1.54) is 43.7 Å². The zero-order valence-corrected chi connectivity index (χ0v) is 15.2. The molecule has 1 unspecified atom stereocenters. The molecule has 1 aliphatic heterocycles. The van der Waals surface area contributed by atoms with E-state index < -0.39 is 0 Å². The monoisotopic (exact) mass is 337 g/mol. The van der Waals surface area contributed by atoms with Crippen molar-refractivity contribution in [2.45, 2.75) is 64.5 Å². The van der Waals surface area contributed by atoms with Gasteiger partial charge in [-0.3, -0.25) is 5.43 Å². The molecule has 0 aromatic heterocycles. The number of amidine groups is 1. The molecular formula is C18H31N3OS. The number of hydrogen-bond donors (Lipinski definition) is 2. The second-order valence-corrected chi connectivity index (χ2v) is 9.49. The predicted molar refractivity (Wildman–Crippen MR) is 96.1 cm³/mol. The minimum absolute atomic E-state index is 0.302. The number of unbranched alkanes of at least 4 members (excludes halogenated alkanes) is 1. The van der Waals surface area contributed by atoms with Gasteiger partial charge in [0.1, 0.15) is 6.17 Å². The SMILES string of the molecule is CCSC1=NNC(C23CC4CC(CC(C4)C2)C3)N1CCCCO. The van der Waals surface area contributed by atoms with Crippen LogP contribution in [0.4, 0.5) is 0 Å². The fraction of sp³-hybridized carbons (Fsp3) is 0.944. The molecule has 0 aromatic carbocycles. The van der Waals surface area contributed by atoms with Crippen LogP contribution >= 0.6 is 11.8 Å². The molecule has 2 N–H and O–H groups in total. The molecule has 0 aromatic rings. The van der Waals surface area contributed by atoms with Gasteiger partial charge in [-0.2, -0.15) is 5.10 Å². The lowest BCUT2D eigenvalue weighted by molar-refractivity contribution is -0.0937. The summed E-state index contributed by atoms with van der Waals surface area (Å²) in [6.07, 6.45) is 11.1. The number of hydrazone groups is 1. The number of aliphatic hydroxyl groups is 1. The number of hydrogen-bond acceptors (Lipinski definition) is 5. The zero-order valence-electron chi connectivity index (χ0n) is 14.3. The zero-order chi connectivity index (χ0) is 15.9. The summed E-state index contributed by atoms with van der Waals surface area (Å²) >= 11 is 1.86. The lowest BCUT2D eigenvalue weighted by atomic mass is 9.48. The van der Waals surface area contributed by atoms with Gasteiger partial charge in [-0.05, 0) is 74.9 Å². The third kappa shape index (κ3) is 2.88. The van der Waals surface area contributed by atoms with Gasteiger partial charge in [-0.25, -0.2) is 0 Å². The summed E-state index contributed by atoms with van der Waals surface area (Å²) in [5, 5.41) is 15.0.